The number of fused-ring (bicyclic) bond motifs is 33. The number of hydrogen-bond donors (Lipinski definition) is 9. The van der Waals surface area contributed by atoms with Gasteiger partial charge in [-0.1, -0.05) is 173 Å². The van der Waals surface area contributed by atoms with Crippen LogP contribution in [0.3, 0.4) is 0 Å². The summed E-state index contributed by atoms with van der Waals surface area (Å²) in [6.45, 7) is 9.96. The maximum absolute atomic E-state index is 15.5. The van der Waals surface area contributed by atoms with Gasteiger partial charge in [-0.3, -0.25) is 57.5 Å². The lowest BCUT2D eigenvalue weighted by Crippen LogP contribution is -2.55. The van der Waals surface area contributed by atoms with Crippen molar-refractivity contribution in [2.24, 2.45) is 23.1 Å². The monoisotopic (exact) mass is 1950 g/mol. The minimum atomic E-state index is -0.994. The molecule has 8 aromatic carbocycles. The molecule has 2 bridgehead atoms. The van der Waals surface area contributed by atoms with Crippen molar-refractivity contribution >= 4 is 98.5 Å². The predicted octanol–water partition coefficient (Wildman–Crippen LogP) is 12.1. The summed E-state index contributed by atoms with van der Waals surface area (Å²) >= 11 is 1.44. The number of nitrogens with one attached hydrogen (secondary N) is 6. The van der Waals surface area contributed by atoms with Crippen LogP contribution in [-0.4, -0.2) is 214 Å². The molecule has 0 saturated carbocycles. The Kier molecular flexibility index (Phi) is 40.4. The highest BCUT2D eigenvalue weighted by atomic mass is 32.2. The van der Waals surface area contributed by atoms with Gasteiger partial charge in [0.1, 0.15) is 28.9 Å². The van der Waals surface area contributed by atoms with E-state index in [2.05, 4.69) is 69.7 Å². The summed E-state index contributed by atoms with van der Waals surface area (Å²) in [6, 6.07) is 52.9. The molecule has 2 unspecified atom stereocenters. The number of primary amides is 1. The number of aryl methyl sites for hydroxylation is 2. The zero-order chi connectivity index (χ0) is 101. The number of thioether (sulfide) groups is 1. The fraction of sp³-hybridized carbons (Fsp3) is 0.405. The van der Waals surface area contributed by atoms with Crippen LogP contribution in [0.1, 0.15) is 159 Å². The minimum absolute atomic E-state index is 0.0155. The summed E-state index contributed by atoms with van der Waals surface area (Å²) in [5.41, 5.74) is 29.4. The first-order chi connectivity index (χ1) is 68.5. The van der Waals surface area contributed by atoms with Gasteiger partial charge in [-0.15, -0.1) is 0 Å². The quantitative estimate of drug-likeness (QED) is 0.00762. The van der Waals surface area contributed by atoms with E-state index in [4.69, 9.17) is 40.6 Å². The largest absolute Gasteiger partial charge is 0.497 e. The van der Waals surface area contributed by atoms with Crippen LogP contribution in [-0.2, 0) is 85.8 Å². The highest BCUT2D eigenvalue weighted by molar-refractivity contribution is 7.98. The maximum Gasteiger partial charge on any atom is 0.251 e. The fourth-order valence-corrected chi connectivity index (χ4v) is 19.1. The van der Waals surface area contributed by atoms with E-state index in [1.54, 1.807) is 54.6 Å². The van der Waals surface area contributed by atoms with Gasteiger partial charge >= 0.3 is 0 Å². The average molecular weight is 1960 g/mol. The number of carbonyl (C=O) groups is 11. The van der Waals surface area contributed by atoms with Crippen LogP contribution in [0.5, 0.6) is 23.0 Å². The van der Waals surface area contributed by atoms with Gasteiger partial charge in [0.2, 0.25) is 65.9 Å². The molecule has 0 saturated heterocycles. The van der Waals surface area contributed by atoms with Gasteiger partial charge in [-0.25, -0.2) is 0 Å². The summed E-state index contributed by atoms with van der Waals surface area (Å²) in [7, 11) is 2.99. The van der Waals surface area contributed by atoms with Crippen LogP contribution in [0.2, 0.25) is 0 Å². The molecule has 5 atom stereocenters. The minimum Gasteiger partial charge on any atom is -0.497 e. The van der Waals surface area contributed by atoms with Crippen molar-refractivity contribution in [2.45, 2.75) is 186 Å². The summed E-state index contributed by atoms with van der Waals surface area (Å²) in [6.07, 6.45) is 5.81. The molecule has 11 amide bonds. The second-order valence-corrected chi connectivity index (χ2v) is 38.6. The molecule has 4 aliphatic heterocycles. The van der Waals surface area contributed by atoms with Crippen LogP contribution in [0.4, 0.5) is 0 Å². The van der Waals surface area contributed by atoms with Crippen molar-refractivity contribution in [1.82, 2.24) is 51.5 Å². The lowest BCUT2D eigenvalue weighted by molar-refractivity contribution is -0.138. The lowest BCUT2D eigenvalue weighted by atomic mass is 9.89. The highest BCUT2D eigenvalue weighted by Crippen LogP contribution is 2.42. The first-order valence-corrected chi connectivity index (χ1v) is 50.2. The second-order valence-electron chi connectivity index (χ2n) is 37.5. The Hall–Kier alpha value is -13.9. The van der Waals surface area contributed by atoms with E-state index in [0.717, 1.165) is 85.5 Å². The van der Waals surface area contributed by atoms with Gasteiger partial charge in [-0.2, -0.15) is 11.8 Å². The number of ether oxygens (including phenoxy) is 4. The first kappa shape index (κ1) is 107. The number of allylic oxidation sites excluding steroid dienone is 1. The number of nitrogens with zero attached hydrogens (tertiary/aromatic N) is 4. The summed E-state index contributed by atoms with van der Waals surface area (Å²) < 4.78 is 28.8. The molecule has 0 radical (unpaired) electrons. The Morgan fingerprint density at radius 1 is 0.542 bits per heavy atom. The van der Waals surface area contributed by atoms with E-state index in [0.29, 0.717) is 114 Å². The number of methoxy groups -OCH3 is 2. The van der Waals surface area contributed by atoms with Crippen molar-refractivity contribution in [3.63, 3.8) is 0 Å². The number of unbranched alkanes of at least 4 members (excludes halogenated alkanes) is 4. The van der Waals surface area contributed by atoms with Crippen molar-refractivity contribution < 1.29 is 76.1 Å². The summed E-state index contributed by atoms with van der Waals surface area (Å²) in [5.74, 6) is -3.13. The van der Waals surface area contributed by atoms with Gasteiger partial charge in [-0.05, 0) is 213 Å². The fourth-order valence-electron chi connectivity index (χ4n) is 18.2. The molecule has 5 aliphatic rings. The molecular weight excluding hydrogens is 1820 g/mol. The van der Waals surface area contributed by atoms with Crippen molar-refractivity contribution in [3.05, 3.63) is 261 Å². The molecule has 0 spiro atoms. The Balaban J connectivity index is 0.779. The number of benzene rings is 9. The zero-order valence-corrected chi connectivity index (χ0v) is 83.1. The highest BCUT2D eigenvalue weighted by Gasteiger charge is 2.33. The molecule has 1 aliphatic carbocycles. The van der Waals surface area contributed by atoms with E-state index >= 15 is 28.8 Å². The number of carbonyl (C=O) groups excluding carboxylic acids is 11. The van der Waals surface area contributed by atoms with Crippen molar-refractivity contribution in [2.75, 3.05) is 98.8 Å². The molecule has 8 aromatic rings. The molecule has 0 aromatic heterocycles. The maximum atomic E-state index is 15.5. The van der Waals surface area contributed by atoms with Crippen LogP contribution in [0, 0.1) is 19.8 Å². The number of hydrogen-bond acceptors (Lipinski definition) is 20. The van der Waals surface area contributed by atoms with Gasteiger partial charge in [0.25, 0.3) is 5.91 Å². The molecule has 752 valence electrons. The standard InChI is InChI=1S/C111H135N13O17S/c1-72(2)48-87-64-123(108(134)59-81-54-90(137-6)61-91(55-81)138-7)69-104(130)118-88(53-76-21-11-9-12-22-76)65-124(106(132)57-79-31-34-82-23-14-15-24-84(82)52-79)68-103(129)117-86(26-17-19-45-113)63-122(107(133)58-80-33-41-96-99(56-80)140-71-139-96)67-102(128)116-85(25-16-18-44-112)62-121(105(131)43-47-142-70-77-29-35-83(36-30-77)111(136)119-87)66-101(127)115-46-42-100(126)120-95(110(114)135)27-13-8-10-20-73(3)49-78-32-39-92(75(5)51-78)109-93-38-28-74(4)50-97(93)141-98-60-89(125)37-40-94(98)109/h9,11-12,14-15,21-24,28-41,50-52,54-56,60-61,72,85-88,95H,3,8,10,13,16-20,25-27,42-49,53,57-59,62-71,112-113H2,1-2,4-7H3,(H2,114,135)(H,115,127)(H,116,128)(H,117,129)(H,118,130)(H,119,136)(H,120,126)/t85-,86-,87-,88?,95?/m0/s1. The predicted molar refractivity (Wildman–Crippen MR) is 552 cm³/mol. The van der Waals surface area contributed by atoms with E-state index < -0.39 is 121 Å². The smallest absolute Gasteiger partial charge is 0.251 e. The number of rotatable bonds is 36. The molecule has 30 nitrogen and oxygen atoms in total. The molecule has 12 N–H and O–H groups in total. The van der Waals surface area contributed by atoms with Crippen LogP contribution >= 0.6 is 11.8 Å². The number of amides is 11. The van der Waals surface area contributed by atoms with Gasteiger partial charge in [0, 0.05) is 109 Å². The molecular formula is C111H135N13O17S. The van der Waals surface area contributed by atoms with Crippen molar-refractivity contribution in [1.29, 1.82) is 0 Å². The first-order valence-electron chi connectivity index (χ1n) is 49.1. The molecule has 31 heteroatoms. The van der Waals surface area contributed by atoms with E-state index in [1.807, 2.05) is 124 Å². The van der Waals surface area contributed by atoms with Gasteiger partial charge < -0.3 is 92.1 Å². The third-order valence-corrected chi connectivity index (χ3v) is 26.5. The molecule has 0 fully saturated rings. The van der Waals surface area contributed by atoms with E-state index in [-0.39, 0.29) is 121 Å². The summed E-state index contributed by atoms with van der Waals surface area (Å²) in [5, 5.41) is 20.9. The topological polar surface area (TPSA) is 418 Å². The Bertz CT molecular complexity index is 6070. The van der Waals surface area contributed by atoms with E-state index in [9.17, 15) is 28.8 Å². The second kappa shape index (κ2) is 53.6. The Morgan fingerprint density at radius 3 is 1.80 bits per heavy atom. The summed E-state index contributed by atoms with van der Waals surface area (Å²) in [4.78, 5) is 180. The van der Waals surface area contributed by atoms with Crippen molar-refractivity contribution in [3.8, 4) is 45.4 Å². The van der Waals surface area contributed by atoms with Crippen LogP contribution in [0.25, 0.3) is 44.2 Å². The number of nitrogens with two attached hydrogens (primary N) is 3. The average Bonchev–Trinajstić information content (AvgIpc) is 0.794. The Labute approximate surface area is 834 Å². The van der Waals surface area contributed by atoms with Gasteiger partial charge in [0.15, 0.2) is 16.9 Å². The third-order valence-electron chi connectivity index (χ3n) is 25.4. The molecule has 13 rings (SSSR count). The third kappa shape index (κ3) is 32.8. The lowest BCUT2D eigenvalue weighted by Gasteiger charge is -2.32. The van der Waals surface area contributed by atoms with Crippen LogP contribution in [0.15, 0.2) is 209 Å². The SMILES string of the molecule is C=C(CCCCCC(NC(=O)CCNC(=O)CN1C[C@H](CCCCN)NC(=O)CN(C(=O)Cc2ccc3c(c2)OCO3)C[C@H](CCCCN)NC(=O)CN(C(=O)Cc2ccc3ccccc3c2)CC(Cc2ccccc2)NC(=O)CN(C(=O)Cc2cc(OC)cc(OC)c2)C[C@H](CC(C)C)NC(=O)c2ccc(cc2)CSCCC1=O)C(N)=O)Cc1ccc(-c2c3ccc(=O)cc-3oc3cc(C)ccc23)c(C)c1. The van der Waals surface area contributed by atoms with Crippen LogP contribution < -0.4 is 73.5 Å². The van der Waals surface area contributed by atoms with E-state index in [1.165, 1.54) is 51.6 Å². The molecule has 142 heavy (non-hydrogen) atoms. The zero-order valence-electron chi connectivity index (χ0n) is 82.3. The Morgan fingerprint density at radius 2 is 1.14 bits per heavy atom. The molecule has 4 heterocycles. The van der Waals surface area contributed by atoms with Gasteiger partial charge in [0.05, 0.1) is 65.7 Å². The normalized spacial score (nSPS) is 16.5.